The first-order valence-electron chi connectivity index (χ1n) is 4.66. The third-order valence-corrected chi connectivity index (χ3v) is 2.66. The van der Waals surface area contributed by atoms with Crippen LogP contribution in [0.3, 0.4) is 0 Å². The van der Waals surface area contributed by atoms with Crippen molar-refractivity contribution in [3.8, 4) is 0 Å². The van der Waals surface area contributed by atoms with Gasteiger partial charge in [0.25, 0.3) is 0 Å². The van der Waals surface area contributed by atoms with E-state index in [9.17, 15) is 4.79 Å². The molecule has 0 atom stereocenters. The average molecular weight is 183 g/mol. The Kier molecular flexibility index (Phi) is 1.39. The Morgan fingerprint density at radius 3 is 3.00 bits per heavy atom. The van der Waals surface area contributed by atoms with Gasteiger partial charge < -0.3 is 4.98 Å². The molecule has 2 aromatic rings. The second-order valence-corrected chi connectivity index (χ2v) is 3.53. The van der Waals surface area contributed by atoms with Crippen LogP contribution in [-0.4, -0.2) is 4.98 Å². The van der Waals surface area contributed by atoms with Gasteiger partial charge in [-0.3, -0.25) is 4.79 Å². The number of fused-ring (bicyclic) bond motifs is 3. The van der Waals surface area contributed by atoms with Gasteiger partial charge in [-0.2, -0.15) is 0 Å². The molecule has 1 aromatic heterocycles. The highest BCUT2D eigenvalue weighted by Crippen LogP contribution is 2.26. The third kappa shape index (κ3) is 0.940. The summed E-state index contributed by atoms with van der Waals surface area (Å²) in [6, 6.07) is 7.52. The smallest absolute Gasteiger partial charge is 0.248 e. The van der Waals surface area contributed by atoms with Gasteiger partial charge in [0.05, 0.1) is 0 Å². The van der Waals surface area contributed by atoms with Crippen LogP contribution in [-0.2, 0) is 6.42 Å². The summed E-state index contributed by atoms with van der Waals surface area (Å²) < 4.78 is 0. The zero-order valence-electron chi connectivity index (χ0n) is 7.58. The molecule has 0 unspecified atom stereocenters. The highest BCUT2D eigenvalue weighted by atomic mass is 16.1. The number of hydrogen-bond acceptors (Lipinski definition) is 1. The van der Waals surface area contributed by atoms with Crippen LogP contribution in [0.1, 0.15) is 11.1 Å². The molecule has 0 bridgehead atoms. The molecular formula is C12H9NO. The fraction of sp³-hybridized carbons (Fsp3) is 0.0833. The Morgan fingerprint density at radius 1 is 1.14 bits per heavy atom. The normalized spacial score (nSPS) is 13.4. The molecule has 1 aliphatic carbocycles. The fourth-order valence-corrected chi connectivity index (χ4v) is 1.98. The van der Waals surface area contributed by atoms with Gasteiger partial charge in [-0.25, -0.2) is 0 Å². The Hall–Kier alpha value is -1.83. The first kappa shape index (κ1) is 7.56. The lowest BCUT2D eigenvalue weighted by Gasteiger charge is -2.03. The Labute approximate surface area is 80.9 Å². The maximum atomic E-state index is 11.1. The van der Waals surface area contributed by atoms with Gasteiger partial charge in [-0.15, -0.1) is 0 Å². The van der Waals surface area contributed by atoms with Crippen molar-refractivity contribution in [1.29, 1.82) is 0 Å². The van der Waals surface area contributed by atoms with Crippen LogP contribution in [0.5, 0.6) is 0 Å². The van der Waals surface area contributed by atoms with Crippen molar-refractivity contribution in [2.45, 2.75) is 6.42 Å². The quantitative estimate of drug-likeness (QED) is 0.666. The molecule has 0 saturated heterocycles. The molecule has 0 aliphatic heterocycles. The molecule has 1 N–H and O–H groups in total. The van der Waals surface area contributed by atoms with E-state index in [0.29, 0.717) is 0 Å². The standard InChI is InChI=1S/C12H9NO/c14-12-7-5-10-9-3-1-2-8(9)4-6-11(10)13-12/h1,3-7H,2H2,(H,13,14). The van der Waals surface area contributed by atoms with Crippen molar-refractivity contribution in [2.75, 3.05) is 0 Å². The first-order chi connectivity index (χ1) is 6.84. The van der Waals surface area contributed by atoms with Gasteiger partial charge in [0.1, 0.15) is 0 Å². The maximum Gasteiger partial charge on any atom is 0.248 e. The van der Waals surface area contributed by atoms with Gasteiger partial charge in [0, 0.05) is 17.0 Å². The zero-order chi connectivity index (χ0) is 9.54. The van der Waals surface area contributed by atoms with E-state index in [1.807, 2.05) is 12.1 Å². The minimum absolute atomic E-state index is 0.0422. The van der Waals surface area contributed by atoms with E-state index in [4.69, 9.17) is 0 Å². The molecule has 2 heteroatoms. The molecule has 0 saturated carbocycles. The second kappa shape index (κ2) is 2.58. The van der Waals surface area contributed by atoms with E-state index < -0.39 is 0 Å². The van der Waals surface area contributed by atoms with Gasteiger partial charge in [0.15, 0.2) is 0 Å². The highest BCUT2D eigenvalue weighted by Gasteiger charge is 2.08. The second-order valence-electron chi connectivity index (χ2n) is 3.53. The number of aromatic nitrogens is 1. The van der Waals surface area contributed by atoms with Crippen molar-refractivity contribution >= 4 is 17.0 Å². The van der Waals surface area contributed by atoms with E-state index in [1.54, 1.807) is 6.07 Å². The number of H-pyrrole nitrogens is 1. The SMILES string of the molecule is O=c1ccc2c3c(ccc2[nH]1)CC=C3. The molecule has 68 valence electrons. The summed E-state index contributed by atoms with van der Waals surface area (Å²) in [5, 5.41) is 1.14. The van der Waals surface area contributed by atoms with E-state index in [1.165, 1.54) is 11.1 Å². The number of aromatic amines is 1. The van der Waals surface area contributed by atoms with E-state index in [0.717, 1.165) is 17.3 Å². The lowest BCUT2D eigenvalue weighted by atomic mass is 10.0. The molecular weight excluding hydrogens is 174 g/mol. The number of benzene rings is 1. The van der Waals surface area contributed by atoms with Crippen LogP contribution in [0.25, 0.3) is 17.0 Å². The number of nitrogens with one attached hydrogen (secondary N) is 1. The summed E-state index contributed by atoms with van der Waals surface area (Å²) in [7, 11) is 0. The lowest BCUT2D eigenvalue weighted by molar-refractivity contribution is 1.28. The summed E-state index contributed by atoms with van der Waals surface area (Å²) >= 11 is 0. The predicted octanol–water partition coefficient (Wildman–Crippen LogP) is 2.10. The number of rotatable bonds is 0. The minimum Gasteiger partial charge on any atom is -0.322 e. The number of pyridine rings is 1. The maximum absolute atomic E-state index is 11.1. The molecule has 0 spiro atoms. The molecule has 2 nitrogen and oxygen atoms in total. The van der Waals surface area contributed by atoms with Crippen molar-refractivity contribution in [3.05, 3.63) is 51.8 Å². The number of hydrogen-bond donors (Lipinski definition) is 1. The third-order valence-electron chi connectivity index (χ3n) is 2.66. The Morgan fingerprint density at radius 2 is 2.07 bits per heavy atom. The minimum atomic E-state index is -0.0422. The topological polar surface area (TPSA) is 32.9 Å². The Balaban J connectivity index is 2.50. The largest absolute Gasteiger partial charge is 0.322 e. The van der Waals surface area contributed by atoms with Crippen LogP contribution >= 0.6 is 0 Å². The molecule has 3 rings (SSSR count). The van der Waals surface area contributed by atoms with Crippen LogP contribution in [0, 0.1) is 0 Å². The van der Waals surface area contributed by atoms with Gasteiger partial charge in [0.2, 0.25) is 5.56 Å². The lowest BCUT2D eigenvalue weighted by Crippen LogP contribution is -2.02. The van der Waals surface area contributed by atoms with Crippen molar-refractivity contribution in [2.24, 2.45) is 0 Å². The van der Waals surface area contributed by atoms with E-state index >= 15 is 0 Å². The molecule has 0 amide bonds. The van der Waals surface area contributed by atoms with Gasteiger partial charge >= 0.3 is 0 Å². The molecule has 0 fully saturated rings. The molecule has 1 aliphatic rings. The zero-order valence-corrected chi connectivity index (χ0v) is 7.58. The van der Waals surface area contributed by atoms with E-state index in [-0.39, 0.29) is 5.56 Å². The van der Waals surface area contributed by atoms with Crippen LogP contribution < -0.4 is 5.56 Å². The monoisotopic (exact) mass is 183 g/mol. The Bertz CT molecular complexity index is 593. The van der Waals surface area contributed by atoms with E-state index in [2.05, 4.69) is 23.2 Å². The highest BCUT2D eigenvalue weighted by molar-refractivity contribution is 5.90. The average Bonchev–Trinajstić information content (AvgIpc) is 2.65. The van der Waals surface area contributed by atoms with Gasteiger partial charge in [-0.1, -0.05) is 18.2 Å². The first-order valence-corrected chi connectivity index (χ1v) is 4.66. The molecule has 1 heterocycles. The predicted molar refractivity (Wildman–Crippen MR) is 57.3 cm³/mol. The summed E-state index contributed by atoms with van der Waals surface area (Å²) in [5.41, 5.74) is 3.46. The number of allylic oxidation sites excluding steroid dienone is 1. The van der Waals surface area contributed by atoms with Crippen molar-refractivity contribution in [1.82, 2.24) is 4.98 Å². The summed E-state index contributed by atoms with van der Waals surface area (Å²) in [6.07, 6.45) is 5.27. The van der Waals surface area contributed by atoms with Crippen LogP contribution in [0.2, 0.25) is 0 Å². The molecule has 14 heavy (non-hydrogen) atoms. The van der Waals surface area contributed by atoms with Crippen molar-refractivity contribution in [3.63, 3.8) is 0 Å². The molecule has 0 radical (unpaired) electrons. The summed E-state index contributed by atoms with van der Waals surface area (Å²) in [6.45, 7) is 0. The van der Waals surface area contributed by atoms with Crippen LogP contribution in [0.15, 0.2) is 35.1 Å². The fourth-order valence-electron chi connectivity index (χ4n) is 1.98. The van der Waals surface area contributed by atoms with Crippen LogP contribution in [0.4, 0.5) is 0 Å². The summed E-state index contributed by atoms with van der Waals surface area (Å²) in [4.78, 5) is 13.9. The van der Waals surface area contributed by atoms with Crippen molar-refractivity contribution < 1.29 is 0 Å². The summed E-state index contributed by atoms with van der Waals surface area (Å²) in [5.74, 6) is 0. The molecule has 1 aromatic carbocycles. The van der Waals surface area contributed by atoms with Gasteiger partial charge in [-0.05, 0) is 29.7 Å².